The van der Waals surface area contributed by atoms with Gasteiger partial charge in [0.05, 0.1) is 0 Å². The van der Waals surface area contributed by atoms with Crippen LogP contribution >= 0.6 is 0 Å². The van der Waals surface area contributed by atoms with Crippen molar-refractivity contribution >= 4 is 27.6 Å². The van der Waals surface area contributed by atoms with Crippen LogP contribution in [0.4, 0.5) is 0 Å². The zero-order valence-electron chi connectivity index (χ0n) is 22.7. The summed E-state index contributed by atoms with van der Waals surface area (Å²) in [6.07, 6.45) is 13.1. The second-order valence-corrected chi connectivity index (χ2v) is 11.5. The molecule has 38 heavy (non-hydrogen) atoms. The van der Waals surface area contributed by atoms with Gasteiger partial charge in [-0.25, -0.2) is 0 Å². The van der Waals surface area contributed by atoms with Gasteiger partial charge in [0.1, 0.15) is 0 Å². The van der Waals surface area contributed by atoms with Crippen LogP contribution in [0, 0.1) is 0 Å². The van der Waals surface area contributed by atoms with Crippen molar-refractivity contribution in [2.45, 2.75) is 64.7 Å². The van der Waals surface area contributed by atoms with Gasteiger partial charge in [-0.05, 0) is 142 Å². The normalized spacial score (nSPS) is 17.2. The Morgan fingerprint density at radius 2 is 1.42 bits per heavy atom. The molecule has 0 fully saturated rings. The van der Waals surface area contributed by atoms with Crippen molar-refractivity contribution in [2.75, 3.05) is 0 Å². The zero-order valence-corrected chi connectivity index (χ0v) is 22.7. The molecule has 1 atom stereocenters. The maximum absolute atomic E-state index is 2.60. The van der Waals surface area contributed by atoms with Crippen LogP contribution < -0.4 is 0 Å². The highest BCUT2D eigenvalue weighted by Crippen LogP contribution is 2.48. The van der Waals surface area contributed by atoms with E-state index in [4.69, 9.17) is 0 Å². The van der Waals surface area contributed by atoms with Gasteiger partial charge in [-0.15, -0.1) is 0 Å². The number of rotatable bonds is 3. The first-order chi connectivity index (χ1) is 18.7. The lowest BCUT2D eigenvalue weighted by atomic mass is 9.77. The van der Waals surface area contributed by atoms with E-state index < -0.39 is 0 Å². The molecule has 0 aliphatic heterocycles. The Labute approximate surface area is 227 Å². The van der Waals surface area contributed by atoms with Gasteiger partial charge >= 0.3 is 0 Å². The molecule has 7 rings (SSSR count). The first kappa shape index (κ1) is 23.5. The number of hydrogen-bond donors (Lipinski definition) is 0. The van der Waals surface area contributed by atoms with Crippen LogP contribution in [0.5, 0.6) is 0 Å². The third kappa shape index (κ3) is 3.81. The van der Waals surface area contributed by atoms with Crippen molar-refractivity contribution < 1.29 is 0 Å². The van der Waals surface area contributed by atoms with E-state index in [1.165, 1.54) is 94.3 Å². The average Bonchev–Trinajstić information content (AvgIpc) is 2.95. The standard InChI is InChI=1S/C38H36/c1-3-11-26-13-9-17-29(22-26)37-32-19-6-7-20-33(32)38(31-21-10-15-27-14-4-5-18-30(27)31)36-24-34-25(2)12-8-16-28(34)23-35(36)37/h3,6-7,9-11,13,15,17,19-25H,4-5,8,12,14,16,18H2,1-2H3/b11-3-. The Balaban J connectivity index is 1.65. The van der Waals surface area contributed by atoms with Crippen molar-refractivity contribution in [2.24, 2.45) is 0 Å². The Bertz CT molecular complexity index is 1710. The fourth-order valence-electron chi connectivity index (χ4n) is 7.32. The highest BCUT2D eigenvalue weighted by Gasteiger charge is 2.24. The Kier molecular flexibility index (Phi) is 5.92. The molecule has 0 bridgehead atoms. The number of fused-ring (bicyclic) bond motifs is 4. The Morgan fingerprint density at radius 1 is 0.658 bits per heavy atom. The van der Waals surface area contributed by atoms with Gasteiger partial charge in [-0.1, -0.05) is 85.8 Å². The Hall–Kier alpha value is -3.64. The molecule has 0 nitrogen and oxygen atoms in total. The van der Waals surface area contributed by atoms with E-state index in [0.717, 1.165) is 0 Å². The van der Waals surface area contributed by atoms with Crippen molar-refractivity contribution in [3.8, 4) is 22.3 Å². The number of hydrogen-bond acceptors (Lipinski definition) is 0. The minimum Gasteiger partial charge on any atom is -0.0871 e. The second-order valence-electron chi connectivity index (χ2n) is 11.5. The van der Waals surface area contributed by atoms with E-state index in [-0.39, 0.29) is 0 Å². The molecule has 188 valence electrons. The average molecular weight is 493 g/mol. The highest BCUT2D eigenvalue weighted by atomic mass is 14.3. The molecule has 0 radical (unpaired) electrons. The maximum Gasteiger partial charge on any atom is -0.00234 e. The van der Waals surface area contributed by atoms with Gasteiger partial charge in [-0.3, -0.25) is 0 Å². The third-order valence-electron chi connectivity index (χ3n) is 9.10. The van der Waals surface area contributed by atoms with Crippen LogP contribution in [-0.2, 0) is 19.3 Å². The molecule has 0 saturated heterocycles. The monoisotopic (exact) mass is 492 g/mol. The smallest absolute Gasteiger partial charge is 0.00234 e. The second kappa shape index (κ2) is 9.59. The van der Waals surface area contributed by atoms with Gasteiger partial charge in [0.25, 0.3) is 0 Å². The van der Waals surface area contributed by atoms with Crippen molar-refractivity contribution in [3.63, 3.8) is 0 Å². The van der Waals surface area contributed by atoms with Crippen LogP contribution in [0.3, 0.4) is 0 Å². The predicted octanol–water partition coefficient (Wildman–Crippen LogP) is 10.7. The highest BCUT2D eigenvalue weighted by molar-refractivity contribution is 6.22. The fraction of sp³-hybridized carbons (Fsp3) is 0.263. The molecule has 0 spiro atoms. The van der Waals surface area contributed by atoms with E-state index in [1.807, 2.05) is 0 Å². The third-order valence-corrected chi connectivity index (χ3v) is 9.10. The van der Waals surface area contributed by atoms with Crippen LogP contribution in [0.2, 0.25) is 0 Å². The van der Waals surface area contributed by atoms with Gasteiger partial charge in [0, 0.05) is 0 Å². The molecular weight excluding hydrogens is 456 g/mol. The zero-order chi connectivity index (χ0) is 25.6. The van der Waals surface area contributed by atoms with Crippen LogP contribution in [0.25, 0.3) is 49.9 Å². The number of allylic oxidation sites excluding steroid dienone is 1. The number of aryl methyl sites for hydroxylation is 2. The molecular formula is C38H36. The van der Waals surface area contributed by atoms with E-state index >= 15 is 0 Å². The maximum atomic E-state index is 2.60. The SMILES string of the molecule is C/C=C\c1cccc(-c2c3ccccc3c(-c3cccc4c3CCCC4)c3cc4c(cc23)CCCC4C)c1. The summed E-state index contributed by atoms with van der Waals surface area (Å²) in [6.45, 7) is 4.52. The summed E-state index contributed by atoms with van der Waals surface area (Å²) in [7, 11) is 0. The first-order valence-corrected chi connectivity index (χ1v) is 14.6. The van der Waals surface area contributed by atoms with E-state index in [1.54, 1.807) is 22.3 Å². The van der Waals surface area contributed by atoms with Crippen molar-refractivity contribution in [1.82, 2.24) is 0 Å². The van der Waals surface area contributed by atoms with E-state index in [9.17, 15) is 0 Å². The van der Waals surface area contributed by atoms with Gasteiger partial charge < -0.3 is 0 Å². The summed E-state index contributed by atoms with van der Waals surface area (Å²) in [4.78, 5) is 0. The molecule has 0 heterocycles. The Morgan fingerprint density at radius 3 is 2.29 bits per heavy atom. The van der Waals surface area contributed by atoms with Crippen LogP contribution in [0.1, 0.15) is 73.3 Å². The van der Waals surface area contributed by atoms with Gasteiger partial charge in [0.15, 0.2) is 0 Å². The molecule has 0 saturated carbocycles. The lowest BCUT2D eigenvalue weighted by molar-refractivity contribution is 0.591. The summed E-state index contributed by atoms with van der Waals surface area (Å²) >= 11 is 0. The first-order valence-electron chi connectivity index (χ1n) is 14.6. The molecule has 0 aromatic heterocycles. The number of benzene rings is 5. The molecule has 1 unspecified atom stereocenters. The molecule has 0 heteroatoms. The molecule has 5 aromatic rings. The molecule has 0 amide bonds. The summed E-state index contributed by atoms with van der Waals surface area (Å²) < 4.78 is 0. The van der Waals surface area contributed by atoms with Crippen LogP contribution in [-0.4, -0.2) is 0 Å². The quantitative estimate of drug-likeness (QED) is 0.220. The summed E-state index contributed by atoms with van der Waals surface area (Å²) in [5.74, 6) is 0.619. The van der Waals surface area contributed by atoms with Crippen molar-refractivity contribution in [1.29, 1.82) is 0 Å². The van der Waals surface area contributed by atoms with Gasteiger partial charge in [-0.2, -0.15) is 0 Å². The van der Waals surface area contributed by atoms with E-state index in [0.29, 0.717) is 5.92 Å². The molecule has 0 N–H and O–H groups in total. The summed E-state index contributed by atoms with van der Waals surface area (Å²) in [5.41, 5.74) is 13.1. The molecule has 5 aromatic carbocycles. The fourth-order valence-corrected chi connectivity index (χ4v) is 7.32. The summed E-state index contributed by atoms with van der Waals surface area (Å²) in [5, 5.41) is 5.60. The van der Waals surface area contributed by atoms with Crippen molar-refractivity contribution in [3.05, 3.63) is 113 Å². The van der Waals surface area contributed by atoms with Gasteiger partial charge in [0.2, 0.25) is 0 Å². The molecule has 2 aliphatic rings. The minimum atomic E-state index is 0.619. The molecule has 2 aliphatic carbocycles. The topological polar surface area (TPSA) is 0 Å². The largest absolute Gasteiger partial charge is 0.0871 e. The predicted molar refractivity (Wildman–Crippen MR) is 165 cm³/mol. The lowest BCUT2D eigenvalue weighted by Crippen LogP contribution is -2.08. The van der Waals surface area contributed by atoms with E-state index in [2.05, 4.69) is 105 Å². The lowest BCUT2D eigenvalue weighted by Gasteiger charge is -2.27. The van der Waals surface area contributed by atoms with Crippen LogP contribution in [0.15, 0.2) is 84.9 Å². The summed E-state index contributed by atoms with van der Waals surface area (Å²) in [6, 6.07) is 30.5. The minimum absolute atomic E-state index is 0.619.